The van der Waals surface area contributed by atoms with Crippen LogP contribution >= 0.6 is 0 Å². The minimum atomic E-state index is 0.548. The summed E-state index contributed by atoms with van der Waals surface area (Å²) in [6.07, 6.45) is 10.5. The van der Waals surface area contributed by atoms with E-state index in [2.05, 4.69) is 33.5 Å². The number of nitrogens with zero attached hydrogens (tertiary/aromatic N) is 6. The lowest BCUT2D eigenvalue weighted by Crippen LogP contribution is -2.35. The van der Waals surface area contributed by atoms with Gasteiger partial charge in [0.2, 0.25) is 0 Å². The minimum absolute atomic E-state index is 0.548. The number of hydrogen-bond acceptors (Lipinski definition) is 6. The van der Waals surface area contributed by atoms with Crippen LogP contribution in [0.15, 0.2) is 40.2 Å². The number of piperidine rings is 1. The Morgan fingerprint density at radius 3 is 2.89 bits per heavy atom. The first kappa shape index (κ1) is 16.4. The van der Waals surface area contributed by atoms with E-state index < -0.39 is 0 Å². The van der Waals surface area contributed by atoms with E-state index in [0.29, 0.717) is 5.92 Å². The highest BCUT2D eigenvalue weighted by Crippen LogP contribution is 2.27. The highest BCUT2D eigenvalue weighted by molar-refractivity contribution is 6.31. The van der Waals surface area contributed by atoms with Crippen molar-refractivity contribution in [3.63, 3.8) is 0 Å². The van der Waals surface area contributed by atoms with Crippen LogP contribution in [0.25, 0.3) is 11.2 Å². The fourth-order valence-electron chi connectivity index (χ4n) is 3.96. The van der Waals surface area contributed by atoms with Crippen molar-refractivity contribution in [1.82, 2.24) is 24.8 Å². The van der Waals surface area contributed by atoms with Gasteiger partial charge in [-0.1, -0.05) is 0 Å². The van der Waals surface area contributed by atoms with E-state index >= 15 is 0 Å². The van der Waals surface area contributed by atoms with Gasteiger partial charge in [-0.25, -0.2) is 9.51 Å². The van der Waals surface area contributed by atoms with Crippen LogP contribution in [0, 0.1) is 19.8 Å². The zero-order valence-corrected chi connectivity index (χ0v) is 15.7. The molecule has 0 unspecified atom stereocenters. The third-order valence-corrected chi connectivity index (χ3v) is 5.41. The Kier molecular flexibility index (Phi) is 3.89. The Balaban J connectivity index is 1.42. The van der Waals surface area contributed by atoms with Crippen molar-refractivity contribution < 1.29 is 0 Å². The molecule has 2 aromatic rings. The minimum Gasteiger partial charge on any atom is -0.326 e. The van der Waals surface area contributed by atoms with Gasteiger partial charge in [-0.2, -0.15) is 5.10 Å². The van der Waals surface area contributed by atoms with Gasteiger partial charge >= 0.3 is 0 Å². The van der Waals surface area contributed by atoms with Crippen molar-refractivity contribution in [3.8, 4) is 0 Å². The standard InChI is InChI=1S/C20H23N7/c1-13-11-27-19(14(2)23-13)9-17(25-27)16-5-8-26-12-18(22-10-20(26)24-16)15-3-6-21-7-4-15/h5,9-12,15,21H,3-4,6-8H2,1-2H3. The van der Waals surface area contributed by atoms with E-state index in [9.17, 15) is 0 Å². The first-order valence-electron chi connectivity index (χ1n) is 9.53. The summed E-state index contributed by atoms with van der Waals surface area (Å²) >= 11 is 0. The summed E-state index contributed by atoms with van der Waals surface area (Å²) in [6, 6.07) is 2.06. The number of amidine groups is 1. The quantitative estimate of drug-likeness (QED) is 0.891. The molecule has 3 aliphatic rings. The van der Waals surface area contributed by atoms with Crippen molar-refractivity contribution in [2.75, 3.05) is 19.6 Å². The first-order valence-corrected chi connectivity index (χ1v) is 9.53. The van der Waals surface area contributed by atoms with Gasteiger partial charge < -0.3 is 10.2 Å². The maximum atomic E-state index is 4.80. The first-order chi connectivity index (χ1) is 13.2. The number of aromatic nitrogens is 3. The summed E-state index contributed by atoms with van der Waals surface area (Å²) in [5, 5.41) is 8.11. The number of rotatable bonds is 2. The van der Waals surface area contributed by atoms with Crippen LogP contribution in [0.4, 0.5) is 0 Å². The lowest BCUT2D eigenvalue weighted by Gasteiger charge is -2.30. The van der Waals surface area contributed by atoms with Crippen molar-refractivity contribution in [2.24, 2.45) is 15.9 Å². The van der Waals surface area contributed by atoms with E-state index in [1.54, 1.807) is 0 Å². The van der Waals surface area contributed by atoms with E-state index in [1.165, 1.54) is 5.70 Å². The second-order valence-electron chi connectivity index (χ2n) is 7.38. The summed E-state index contributed by atoms with van der Waals surface area (Å²) in [4.78, 5) is 16.2. The summed E-state index contributed by atoms with van der Waals surface area (Å²) < 4.78 is 1.89. The summed E-state index contributed by atoms with van der Waals surface area (Å²) in [5.41, 5.74) is 5.90. The summed E-state index contributed by atoms with van der Waals surface area (Å²) in [6.45, 7) is 6.93. The zero-order chi connectivity index (χ0) is 18.4. The van der Waals surface area contributed by atoms with Crippen molar-refractivity contribution in [3.05, 3.63) is 47.3 Å². The summed E-state index contributed by atoms with van der Waals surface area (Å²) in [5.74, 6) is 1.43. The number of fused-ring (bicyclic) bond motifs is 2. The van der Waals surface area contributed by atoms with Crippen molar-refractivity contribution >= 4 is 23.3 Å². The van der Waals surface area contributed by atoms with Gasteiger partial charge in [0.25, 0.3) is 0 Å². The van der Waals surface area contributed by atoms with Crippen molar-refractivity contribution in [2.45, 2.75) is 26.7 Å². The maximum Gasteiger partial charge on any atom is 0.152 e. The van der Waals surface area contributed by atoms with E-state index in [4.69, 9.17) is 15.1 Å². The monoisotopic (exact) mass is 361 g/mol. The largest absolute Gasteiger partial charge is 0.326 e. The van der Waals surface area contributed by atoms with Crippen molar-refractivity contribution in [1.29, 1.82) is 0 Å². The van der Waals surface area contributed by atoms with Gasteiger partial charge in [0, 0.05) is 18.7 Å². The number of allylic oxidation sites excluding steroid dienone is 1. The average Bonchev–Trinajstić information content (AvgIpc) is 3.12. The molecular weight excluding hydrogens is 338 g/mol. The predicted molar refractivity (Wildman–Crippen MR) is 107 cm³/mol. The Labute approximate surface area is 158 Å². The van der Waals surface area contributed by atoms with Crippen LogP contribution in [0.5, 0.6) is 0 Å². The van der Waals surface area contributed by atoms with E-state index in [-0.39, 0.29) is 0 Å². The molecule has 5 rings (SSSR count). The third kappa shape index (κ3) is 2.98. The smallest absolute Gasteiger partial charge is 0.152 e. The highest BCUT2D eigenvalue weighted by atomic mass is 15.3. The Morgan fingerprint density at radius 1 is 1.19 bits per heavy atom. The maximum absolute atomic E-state index is 4.80. The molecule has 1 N–H and O–H groups in total. The van der Waals surface area contributed by atoms with Crippen LogP contribution in [0.2, 0.25) is 0 Å². The SMILES string of the molecule is Cc1cn2nc(C3=CCN4C=C(C5CCNCC5)N=CC4=N3)cc2c(C)n1. The van der Waals surface area contributed by atoms with E-state index in [1.807, 2.05) is 30.8 Å². The lowest BCUT2D eigenvalue weighted by molar-refractivity contribution is 0.410. The molecule has 3 aliphatic heterocycles. The van der Waals surface area contributed by atoms with Gasteiger partial charge in [-0.15, -0.1) is 0 Å². The van der Waals surface area contributed by atoms with Gasteiger partial charge in [0.15, 0.2) is 5.84 Å². The van der Waals surface area contributed by atoms with Gasteiger partial charge in [-0.3, -0.25) is 9.98 Å². The molecule has 1 saturated heterocycles. The fraction of sp³-hybridized carbons (Fsp3) is 0.400. The average molecular weight is 361 g/mol. The molecule has 0 atom stereocenters. The topological polar surface area (TPSA) is 70.2 Å². The highest BCUT2D eigenvalue weighted by Gasteiger charge is 2.24. The molecule has 0 spiro atoms. The Hall–Kier alpha value is -2.80. The van der Waals surface area contributed by atoms with Crippen LogP contribution in [-0.4, -0.2) is 51.2 Å². The molecule has 0 radical (unpaired) electrons. The Morgan fingerprint density at radius 2 is 2.04 bits per heavy atom. The Bertz CT molecular complexity index is 1020. The molecule has 0 aliphatic carbocycles. The number of aryl methyl sites for hydroxylation is 2. The van der Waals surface area contributed by atoms with Crippen LogP contribution < -0.4 is 5.32 Å². The zero-order valence-electron chi connectivity index (χ0n) is 15.7. The lowest BCUT2D eigenvalue weighted by atomic mass is 9.94. The molecule has 1 fully saturated rings. The molecule has 7 heteroatoms. The van der Waals surface area contributed by atoms with Gasteiger partial charge in [0.05, 0.1) is 40.7 Å². The number of nitrogens with one attached hydrogen (secondary N) is 1. The second-order valence-corrected chi connectivity index (χ2v) is 7.38. The predicted octanol–water partition coefficient (Wildman–Crippen LogP) is 2.33. The number of hydrogen-bond donors (Lipinski definition) is 1. The molecule has 138 valence electrons. The normalized spacial score (nSPS) is 20.4. The molecule has 0 amide bonds. The molecule has 7 nitrogen and oxygen atoms in total. The van der Waals surface area contributed by atoms with Crippen LogP contribution in [0.3, 0.4) is 0 Å². The third-order valence-electron chi connectivity index (χ3n) is 5.41. The number of aliphatic imine (C=N–C) groups is 2. The molecule has 0 aromatic carbocycles. The molecule has 27 heavy (non-hydrogen) atoms. The molecule has 0 saturated carbocycles. The van der Waals surface area contributed by atoms with Gasteiger partial charge in [-0.05, 0) is 51.9 Å². The summed E-state index contributed by atoms with van der Waals surface area (Å²) in [7, 11) is 0. The fourth-order valence-corrected chi connectivity index (χ4v) is 3.96. The van der Waals surface area contributed by atoms with Gasteiger partial charge in [0.1, 0.15) is 5.69 Å². The van der Waals surface area contributed by atoms with Crippen LogP contribution in [0.1, 0.15) is 29.9 Å². The molecule has 0 bridgehead atoms. The van der Waals surface area contributed by atoms with E-state index in [0.717, 1.165) is 66.6 Å². The van der Waals surface area contributed by atoms with Crippen LogP contribution in [-0.2, 0) is 0 Å². The second kappa shape index (κ2) is 6.42. The molecule has 2 aromatic heterocycles. The molecular formula is C20H23N7. The molecule has 5 heterocycles.